The van der Waals surface area contributed by atoms with Gasteiger partial charge in [-0.05, 0) is 25.3 Å². The van der Waals surface area contributed by atoms with Crippen molar-refractivity contribution in [2.24, 2.45) is 5.92 Å². The third-order valence-electron chi connectivity index (χ3n) is 5.47. The quantitative estimate of drug-likeness (QED) is 0.671. The van der Waals surface area contributed by atoms with Gasteiger partial charge >= 0.3 is 0 Å². The molecule has 1 aliphatic rings. The number of nitrogens with one attached hydrogen (secondary N) is 1. The highest BCUT2D eigenvalue weighted by Crippen LogP contribution is 2.29. The minimum absolute atomic E-state index is 0.0234. The number of likely N-dealkylation sites (tertiary alicyclic amines) is 1. The van der Waals surface area contributed by atoms with Gasteiger partial charge in [0.2, 0.25) is 5.91 Å². The van der Waals surface area contributed by atoms with Crippen molar-refractivity contribution in [3.63, 3.8) is 0 Å². The molecule has 4 rings (SSSR count). The number of piperidine rings is 1. The summed E-state index contributed by atoms with van der Waals surface area (Å²) in [5.74, 6) is 0.0572. The molecule has 1 N–H and O–H groups in total. The Morgan fingerprint density at radius 1 is 1.03 bits per heavy atom. The van der Waals surface area contributed by atoms with E-state index >= 15 is 0 Å². The molecule has 1 aromatic heterocycles. The Hall–Kier alpha value is -2.99. The van der Waals surface area contributed by atoms with Crippen LogP contribution in [0, 0.1) is 12.8 Å². The first kappa shape index (κ1) is 20.3. The molecule has 1 fully saturated rings. The second kappa shape index (κ2) is 9.22. The van der Waals surface area contributed by atoms with E-state index in [1.165, 1.54) is 11.3 Å². The second-order valence-electron chi connectivity index (χ2n) is 7.57. The molecule has 30 heavy (non-hydrogen) atoms. The van der Waals surface area contributed by atoms with Crippen LogP contribution in [0.1, 0.15) is 33.8 Å². The van der Waals surface area contributed by atoms with Gasteiger partial charge in [-0.25, -0.2) is 4.98 Å². The van der Waals surface area contributed by atoms with Crippen molar-refractivity contribution in [2.45, 2.75) is 26.3 Å². The molecule has 2 amide bonds. The molecule has 5 nitrogen and oxygen atoms in total. The lowest BCUT2D eigenvalue weighted by Crippen LogP contribution is -2.42. The fraction of sp³-hybridized carbons (Fsp3) is 0.292. The van der Waals surface area contributed by atoms with Crippen molar-refractivity contribution in [3.05, 3.63) is 76.8 Å². The summed E-state index contributed by atoms with van der Waals surface area (Å²) in [5.41, 5.74) is 2.89. The number of hydrogen-bond donors (Lipinski definition) is 1. The zero-order valence-corrected chi connectivity index (χ0v) is 17.8. The lowest BCUT2D eigenvalue weighted by Gasteiger charge is -2.31. The van der Waals surface area contributed by atoms with Crippen LogP contribution < -0.4 is 5.32 Å². The summed E-state index contributed by atoms with van der Waals surface area (Å²) in [5, 5.41) is 3.89. The van der Waals surface area contributed by atoms with E-state index in [-0.39, 0.29) is 17.7 Å². The Morgan fingerprint density at radius 2 is 1.67 bits per heavy atom. The lowest BCUT2D eigenvalue weighted by molar-refractivity contribution is -0.126. The Kier molecular flexibility index (Phi) is 6.23. The van der Waals surface area contributed by atoms with Crippen LogP contribution in [0.15, 0.2) is 60.7 Å². The molecule has 1 aliphatic heterocycles. The fourth-order valence-electron chi connectivity index (χ4n) is 3.72. The van der Waals surface area contributed by atoms with E-state index in [1.54, 1.807) is 0 Å². The molecule has 0 unspecified atom stereocenters. The maximum absolute atomic E-state index is 13.0. The van der Waals surface area contributed by atoms with E-state index in [1.807, 2.05) is 72.5 Å². The normalized spacial score (nSPS) is 14.5. The molecule has 0 aliphatic carbocycles. The van der Waals surface area contributed by atoms with Gasteiger partial charge in [0.15, 0.2) is 0 Å². The van der Waals surface area contributed by atoms with Gasteiger partial charge in [0.25, 0.3) is 5.91 Å². The summed E-state index contributed by atoms with van der Waals surface area (Å²) in [4.78, 5) is 32.7. The number of carbonyl (C=O) groups excluding carboxylic acids is 2. The first-order valence-electron chi connectivity index (χ1n) is 10.3. The van der Waals surface area contributed by atoms with E-state index in [0.717, 1.165) is 21.8 Å². The van der Waals surface area contributed by atoms with Gasteiger partial charge in [-0.15, -0.1) is 11.3 Å². The van der Waals surface area contributed by atoms with Crippen LogP contribution in [0.3, 0.4) is 0 Å². The summed E-state index contributed by atoms with van der Waals surface area (Å²) in [6, 6.07) is 19.8. The maximum atomic E-state index is 13.0. The van der Waals surface area contributed by atoms with E-state index in [2.05, 4.69) is 10.3 Å². The first-order valence-corrected chi connectivity index (χ1v) is 11.1. The molecule has 154 valence electrons. The smallest absolute Gasteiger partial charge is 0.265 e. The van der Waals surface area contributed by atoms with Crippen LogP contribution in [-0.4, -0.2) is 34.8 Å². The Bertz CT molecular complexity index is 1010. The van der Waals surface area contributed by atoms with Crippen LogP contribution in [0.4, 0.5) is 0 Å². The number of benzene rings is 2. The molecule has 0 radical (unpaired) electrons. The lowest BCUT2D eigenvalue weighted by atomic mass is 9.95. The van der Waals surface area contributed by atoms with Gasteiger partial charge in [-0.2, -0.15) is 0 Å². The number of hydrogen-bond acceptors (Lipinski definition) is 4. The SMILES string of the molecule is Cc1nc(-c2ccccc2)sc1C(=O)N1CCC(C(=O)NCc2ccccc2)CC1. The zero-order chi connectivity index (χ0) is 20.9. The third-order valence-corrected chi connectivity index (χ3v) is 6.67. The third kappa shape index (κ3) is 4.60. The van der Waals surface area contributed by atoms with Gasteiger partial charge < -0.3 is 10.2 Å². The molecule has 2 heterocycles. The minimum atomic E-state index is -0.0415. The summed E-state index contributed by atoms with van der Waals surface area (Å²) >= 11 is 1.45. The van der Waals surface area contributed by atoms with E-state index in [0.29, 0.717) is 37.4 Å². The number of thiazole rings is 1. The number of aryl methyl sites for hydroxylation is 1. The van der Waals surface area contributed by atoms with Crippen molar-refractivity contribution < 1.29 is 9.59 Å². The number of aromatic nitrogens is 1. The number of nitrogens with zero attached hydrogens (tertiary/aromatic N) is 2. The van der Waals surface area contributed by atoms with Crippen molar-refractivity contribution >= 4 is 23.2 Å². The monoisotopic (exact) mass is 419 g/mol. The molecule has 0 atom stereocenters. The van der Waals surface area contributed by atoms with Crippen LogP contribution in [0.25, 0.3) is 10.6 Å². The molecule has 1 saturated heterocycles. The minimum Gasteiger partial charge on any atom is -0.352 e. The van der Waals surface area contributed by atoms with Crippen molar-refractivity contribution in [2.75, 3.05) is 13.1 Å². The standard InChI is InChI=1S/C24H25N3O2S/c1-17-21(30-23(26-17)20-10-6-3-7-11-20)24(29)27-14-12-19(13-15-27)22(28)25-16-18-8-4-2-5-9-18/h2-11,19H,12-16H2,1H3,(H,25,28). The molecule has 0 saturated carbocycles. The maximum Gasteiger partial charge on any atom is 0.265 e. The average Bonchev–Trinajstić information content (AvgIpc) is 3.20. The van der Waals surface area contributed by atoms with Crippen LogP contribution >= 0.6 is 11.3 Å². The molecule has 2 aromatic carbocycles. The predicted molar refractivity (Wildman–Crippen MR) is 119 cm³/mol. The average molecular weight is 420 g/mol. The predicted octanol–water partition coefficient (Wildman–Crippen LogP) is 4.29. The molecule has 6 heteroatoms. The van der Waals surface area contributed by atoms with Gasteiger partial charge in [-0.1, -0.05) is 60.7 Å². The Morgan fingerprint density at radius 3 is 2.33 bits per heavy atom. The van der Waals surface area contributed by atoms with Gasteiger partial charge in [0, 0.05) is 31.1 Å². The molecular formula is C24H25N3O2S. The Labute approximate surface area is 180 Å². The highest BCUT2D eigenvalue weighted by Gasteiger charge is 2.29. The van der Waals surface area contributed by atoms with E-state index in [4.69, 9.17) is 0 Å². The van der Waals surface area contributed by atoms with Crippen LogP contribution in [0.5, 0.6) is 0 Å². The van der Waals surface area contributed by atoms with Crippen molar-refractivity contribution in [3.8, 4) is 10.6 Å². The first-order chi connectivity index (χ1) is 14.6. The van der Waals surface area contributed by atoms with Gasteiger partial charge in [0.05, 0.1) is 5.69 Å². The van der Waals surface area contributed by atoms with E-state index in [9.17, 15) is 9.59 Å². The topological polar surface area (TPSA) is 62.3 Å². The fourth-order valence-corrected chi connectivity index (χ4v) is 4.76. The summed E-state index contributed by atoms with van der Waals surface area (Å²) < 4.78 is 0. The van der Waals surface area contributed by atoms with Gasteiger partial charge in [0.1, 0.15) is 9.88 Å². The van der Waals surface area contributed by atoms with Crippen molar-refractivity contribution in [1.82, 2.24) is 15.2 Å². The number of amides is 2. The number of carbonyl (C=O) groups is 2. The highest BCUT2D eigenvalue weighted by molar-refractivity contribution is 7.17. The summed E-state index contributed by atoms with van der Waals surface area (Å²) in [6.07, 6.45) is 1.38. The molecular weight excluding hydrogens is 394 g/mol. The van der Waals surface area contributed by atoms with Crippen LogP contribution in [-0.2, 0) is 11.3 Å². The van der Waals surface area contributed by atoms with Crippen molar-refractivity contribution in [1.29, 1.82) is 0 Å². The summed E-state index contributed by atoms with van der Waals surface area (Å²) in [7, 11) is 0. The number of rotatable bonds is 5. The van der Waals surface area contributed by atoms with Crippen LogP contribution in [0.2, 0.25) is 0 Å². The zero-order valence-electron chi connectivity index (χ0n) is 17.0. The molecule has 0 bridgehead atoms. The molecule has 0 spiro atoms. The van der Waals surface area contributed by atoms with E-state index < -0.39 is 0 Å². The van der Waals surface area contributed by atoms with Gasteiger partial charge in [-0.3, -0.25) is 9.59 Å². The second-order valence-corrected chi connectivity index (χ2v) is 8.57. The highest BCUT2D eigenvalue weighted by atomic mass is 32.1. The molecule has 3 aromatic rings. The summed E-state index contributed by atoms with van der Waals surface area (Å²) in [6.45, 7) is 3.63. The Balaban J connectivity index is 1.33. The largest absolute Gasteiger partial charge is 0.352 e.